The number of nitrogens with zero attached hydrogens (tertiary/aromatic N) is 1. The SMILES string of the molecule is CC(C)CN(CC(O)C(Cc1ccccc1)NC(=O)C1CCCS(=O)(=O)C1)S(=O)(=O)NC(C)(C)C. The Morgan fingerprint density at radius 3 is 2.34 bits per heavy atom. The third kappa shape index (κ3) is 10.2. The van der Waals surface area contributed by atoms with Crippen LogP contribution < -0.4 is 10.0 Å². The van der Waals surface area contributed by atoms with E-state index in [0.717, 1.165) is 5.56 Å². The minimum Gasteiger partial charge on any atom is -0.390 e. The Morgan fingerprint density at radius 1 is 1.17 bits per heavy atom. The Kier molecular flexibility index (Phi) is 10.3. The number of amides is 1. The molecule has 0 radical (unpaired) electrons. The van der Waals surface area contributed by atoms with E-state index in [1.54, 1.807) is 20.8 Å². The second-order valence-electron chi connectivity index (χ2n) is 10.9. The van der Waals surface area contributed by atoms with Crippen LogP contribution in [0.2, 0.25) is 0 Å². The first-order valence-electron chi connectivity index (χ1n) is 12.1. The van der Waals surface area contributed by atoms with Crippen molar-refractivity contribution in [1.29, 1.82) is 0 Å². The normalized spacial score (nSPS) is 20.5. The first-order chi connectivity index (χ1) is 16.1. The zero-order chi connectivity index (χ0) is 26.4. The minimum absolute atomic E-state index is 0.00773. The zero-order valence-corrected chi connectivity index (χ0v) is 23.0. The molecular formula is C24H41N3O6S2. The van der Waals surface area contributed by atoms with E-state index in [9.17, 15) is 26.7 Å². The second kappa shape index (κ2) is 12.1. The van der Waals surface area contributed by atoms with E-state index in [4.69, 9.17) is 0 Å². The van der Waals surface area contributed by atoms with Gasteiger partial charge >= 0.3 is 0 Å². The van der Waals surface area contributed by atoms with Crippen molar-refractivity contribution < 1.29 is 26.7 Å². The molecule has 2 rings (SSSR count). The summed E-state index contributed by atoms with van der Waals surface area (Å²) in [5.41, 5.74) is 0.155. The van der Waals surface area contributed by atoms with Crippen LogP contribution in [0.4, 0.5) is 0 Å². The molecular weight excluding hydrogens is 490 g/mol. The van der Waals surface area contributed by atoms with E-state index in [-0.39, 0.29) is 36.9 Å². The lowest BCUT2D eigenvalue weighted by atomic mass is 9.98. The fourth-order valence-electron chi connectivity index (χ4n) is 4.15. The van der Waals surface area contributed by atoms with Crippen molar-refractivity contribution in [2.75, 3.05) is 24.6 Å². The van der Waals surface area contributed by atoms with Crippen LogP contribution >= 0.6 is 0 Å². The van der Waals surface area contributed by atoms with E-state index in [0.29, 0.717) is 12.8 Å². The standard InChI is InChI=1S/C24H41N3O6S2/c1-18(2)15-27(35(32,33)26-24(3,4)5)16-22(28)21(14-19-10-7-6-8-11-19)25-23(29)20-12-9-13-34(30,31)17-20/h6-8,10-11,18,20-22,26,28H,9,12-17H2,1-5H3,(H,25,29). The molecule has 0 saturated carbocycles. The lowest BCUT2D eigenvalue weighted by molar-refractivity contribution is -0.126. The lowest BCUT2D eigenvalue weighted by Crippen LogP contribution is -2.56. The summed E-state index contributed by atoms with van der Waals surface area (Å²) in [6.07, 6.45) is -0.0573. The molecule has 0 aliphatic carbocycles. The highest BCUT2D eigenvalue weighted by molar-refractivity contribution is 7.91. The highest BCUT2D eigenvalue weighted by Crippen LogP contribution is 2.20. The first-order valence-corrected chi connectivity index (χ1v) is 15.4. The fourth-order valence-corrected chi connectivity index (χ4v) is 7.60. The summed E-state index contributed by atoms with van der Waals surface area (Å²) in [4.78, 5) is 13.0. The smallest absolute Gasteiger partial charge is 0.280 e. The molecule has 1 amide bonds. The molecule has 0 aromatic heterocycles. The van der Waals surface area contributed by atoms with Crippen molar-refractivity contribution in [2.24, 2.45) is 11.8 Å². The molecule has 1 saturated heterocycles. The summed E-state index contributed by atoms with van der Waals surface area (Å²) in [7, 11) is -7.19. The largest absolute Gasteiger partial charge is 0.390 e. The monoisotopic (exact) mass is 531 g/mol. The third-order valence-corrected chi connectivity index (χ3v) is 9.33. The molecule has 0 bridgehead atoms. The van der Waals surface area contributed by atoms with Crippen LogP contribution in [-0.2, 0) is 31.3 Å². The molecule has 9 nitrogen and oxygen atoms in total. The molecule has 1 heterocycles. The van der Waals surface area contributed by atoms with Gasteiger partial charge in [-0.15, -0.1) is 0 Å². The van der Waals surface area contributed by atoms with Crippen LogP contribution in [0.15, 0.2) is 30.3 Å². The van der Waals surface area contributed by atoms with E-state index >= 15 is 0 Å². The molecule has 1 aliphatic rings. The third-order valence-electron chi connectivity index (χ3n) is 5.66. The van der Waals surface area contributed by atoms with Crippen molar-refractivity contribution in [3.8, 4) is 0 Å². The Bertz CT molecular complexity index is 1040. The van der Waals surface area contributed by atoms with Gasteiger partial charge in [0, 0.05) is 18.6 Å². The summed E-state index contributed by atoms with van der Waals surface area (Å²) < 4.78 is 54.1. The summed E-state index contributed by atoms with van der Waals surface area (Å²) >= 11 is 0. The number of nitrogens with one attached hydrogen (secondary N) is 2. The number of aliphatic hydroxyl groups excluding tert-OH is 1. The van der Waals surface area contributed by atoms with Gasteiger partial charge in [0.2, 0.25) is 5.91 Å². The van der Waals surface area contributed by atoms with Gasteiger partial charge in [-0.2, -0.15) is 17.4 Å². The topological polar surface area (TPSA) is 133 Å². The molecule has 11 heteroatoms. The first kappa shape index (κ1) is 29.7. The van der Waals surface area contributed by atoms with Crippen molar-refractivity contribution in [3.63, 3.8) is 0 Å². The van der Waals surface area contributed by atoms with Gasteiger partial charge in [0.1, 0.15) is 0 Å². The van der Waals surface area contributed by atoms with Crippen LogP contribution in [0.3, 0.4) is 0 Å². The minimum atomic E-state index is -3.91. The van der Waals surface area contributed by atoms with Crippen LogP contribution in [0.25, 0.3) is 0 Å². The van der Waals surface area contributed by atoms with Gasteiger partial charge in [-0.1, -0.05) is 44.2 Å². The van der Waals surface area contributed by atoms with Crippen LogP contribution in [0.5, 0.6) is 0 Å². The van der Waals surface area contributed by atoms with Crippen molar-refractivity contribution in [3.05, 3.63) is 35.9 Å². The molecule has 35 heavy (non-hydrogen) atoms. The van der Waals surface area contributed by atoms with Gasteiger partial charge in [-0.05, 0) is 51.5 Å². The molecule has 3 unspecified atom stereocenters. The second-order valence-corrected chi connectivity index (χ2v) is 14.8. The predicted octanol–water partition coefficient (Wildman–Crippen LogP) is 1.49. The fraction of sp³-hybridized carbons (Fsp3) is 0.708. The summed E-state index contributed by atoms with van der Waals surface area (Å²) in [5.74, 6) is -1.24. The molecule has 0 spiro atoms. The zero-order valence-electron chi connectivity index (χ0n) is 21.4. The van der Waals surface area contributed by atoms with Gasteiger partial charge in [-0.3, -0.25) is 4.79 Å². The number of aliphatic hydroxyl groups is 1. The van der Waals surface area contributed by atoms with E-state index < -0.39 is 49.6 Å². The van der Waals surface area contributed by atoms with Gasteiger partial charge in [0.25, 0.3) is 10.2 Å². The number of rotatable bonds is 11. The lowest BCUT2D eigenvalue weighted by Gasteiger charge is -2.33. The van der Waals surface area contributed by atoms with Crippen molar-refractivity contribution >= 4 is 26.0 Å². The summed E-state index contributed by atoms with van der Waals surface area (Å²) in [6, 6.07) is 8.47. The van der Waals surface area contributed by atoms with E-state index in [2.05, 4.69) is 10.0 Å². The molecule has 1 aromatic carbocycles. The number of carbonyl (C=O) groups is 1. The van der Waals surface area contributed by atoms with E-state index in [1.807, 2.05) is 44.2 Å². The molecule has 1 fully saturated rings. The van der Waals surface area contributed by atoms with Crippen LogP contribution in [-0.4, -0.2) is 74.4 Å². The van der Waals surface area contributed by atoms with Gasteiger partial charge in [-0.25, -0.2) is 8.42 Å². The van der Waals surface area contributed by atoms with E-state index in [1.165, 1.54) is 4.31 Å². The molecule has 1 aliphatic heterocycles. The number of hydrogen-bond acceptors (Lipinski definition) is 6. The average Bonchev–Trinajstić information content (AvgIpc) is 2.70. The predicted molar refractivity (Wildman–Crippen MR) is 138 cm³/mol. The van der Waals surface area contributed by atoms with Gasteiger partial charge in [0.05, 0.1) is 29.6 Å². The van der Waals surface area contributed by atoms with Gasteiger partial charge in [0.15, 0.2) is 9.84 Å². The summed E-state index contributed by atoms with van der Waals surface area (Å²) in [5, 5.41) is 14.0. The Hall–Kier alpha value is -1.53. The number of benzene rings is 1. The number of carbonyl (C=O) groups excluding carboxylic acids is 1. The number of sulfone groups is 1. The van der Waals surface area contributed by atoms with Gasteiger partial charge < -0.3 is 10.4 Å². The van der Waals surface area contributed by atoms with Crippen LogP contribution in [0, 0.1) is 11.8 Å². The van der Waals surface area contributed by atoms with Crippen molar-refractivity contribution in [2.45, 2.75) is 71.6 Å². The maximum absolute atomic E-state index is 13.1. The summed E-state index contributed by atoms with van der Waals surface area (Å²) in [6.45, 7) is 8.97. The Morgan fingerprint density at radius 2 is 1.80 bits per heavy atom. The Balaban J connectivity index is 2.26. The van der Waals surface area contributed by atoms with Crippen LogP contribution in [0.1, 0.15) is 53.0 Å². The number of hydrogen-bond donors (Lipinski definition) is 3. The average molecular weight is 532 g/mol. The molecule has 3 atom stereocenters. The maximum atomic E-state index is 13.1. The molecule has 200 valence electrons. The molecule has 1 aromatic rings. The quantitative estimate of drug-likeness (QED) is 0.396. The maximum Gasteiger partial charge on any atom is 0.280 e. The van der Waals surface area contributed by atoms with Crippen molar-refractivity contribution in [1.82, 2.24) is 14.3 Å². The highest BCUT2D eigenvalue weighted by atomic mass is 32.2. The molecule has 3 N–H and O–H groups in total. The highest BCUT2D eigenvalue weighted by Gasteiger charge is 2.35. The Labute approximate surface area is 210 Å².